The minimum atomic E-state index is -0.936. The van der Waals surface area contributed by atoms with Crippen molar-refractivity contribution in [2.24, 2.45) is 11.7 Å². The molecule has 0 bridgehead atoms. The molecule has 0 aliphatic carbocycles. The van der Waals surface area contributed by atoms with Gasteiger partial charge in [0.25, 0.3) is 11.8 Å². The molecule has 2 fully saturated rings. The Balaban J connectivity index is 1.54. The minimum absolute atomic E-state index is 0.114. The van der Waals surface area contributed by atoms with Gasteiger partial charge < -0.3 is 5.73 Å². The molecule has 1 unspecified atom stereocenters. The third kappa shape index (κ3) is 3.33. The van der Waals surface area contributed by atoms with Crippen molar-refractivity contribution >= 4 is 23.6 Å². The van der Waals surface area contributed by atoms with E-state index in [1.54, 1.807) is 12.1 Å². The number of hydrogen-bond acceptors (Lipinski definition) is 6. The monoisotopic (exact) mass is 384 g/mol. The van der Waals surface area contributed by atoms with Crippen LogP contribution in [0.15, 0.2) is 18.2 Å². The molecule has 8 heteroatoms. The summed E-state index contributed by atoms with van der Waals surface area (Å²) >= 11 is 0. The Morgan fingerprint density at radius 2 is 1.86 bits per heavy atom. The van der Waals surface area contributed by atoms with Crippen LogP contribution >= 0.6 is 0 Å². The fourth-order valence-electron chi connectivity index (χ4n) is 4.52. The van der Waals surface area contributed by atoms with E-state index in [0.29, 0.717) is 23.6 Å². The van der Waals surface area contributed by atoms with Crippen molar-refractivity contribution in [3.05, 3.63) is 34.9 Å². The molecule has 3 N–H and O–H groups in total. The minimum Gasteiger partial charge on any atom is -0.327 e. The van der Waals surface area contributed by atoms with Crippen molar-refractivity contribution in [3.63, 3.8) is 0 Å². The SMILES string of the molecule is C[C@H]1C[C@H](N)CN(Cc2ccc3c(c2)C(=O)N(C2CCC(=O)NC2=O)C3=O)C1. The molecule has 28 heavy (non-hydrogen) atoms. The van der Waals surface area contributed by atoms with Gasteiger partial charge in [0.05, 0.1) is 11.1 Å². The Labute approximate surface area is 163 Å². The molecule has 4 amide bonds. The summed E-state index contributed by atoms with van der Waals surface area (Å²) in [6.07, 6.45) is 1.28. The van der Waals surface area contributed by atoms with Crippen molar-refractivity contribution in [1.29, 1.82) is 0 Å². The van der Waals surface area contributed by atoms with E-state index >= 15 is 0 Å². The second-order valence-corrected chi connectivity index (χ2v) is 8.12. The van der Waals surface area contributed by atoms with Crippen molar-refractivity contribution in [2.45, 2.75) is 44.8 Å². The number of nitrogens with zero attached hydrogens (tertiary/aromatic N) is 2. The lowest BCUT2D eigenvalue weighted by molar-refractivity contribution is -0.136. The van der Waals surface area contributed by atoms with Crippen LogP contribution in [0.1, 0.15) is 52.5 Å². The predicted molar refractivity (Wildman–Crippen MR) is 100 cm³/mol. The lowest BCUT2D eigenvalue weighted by Gasteiger charge is -2.34. The number of carbonyl (C=O) groups excluding carboxylic acids is 4. The van der Waals surface area contributed by atoms with E-state index in [-0.39, 0.29) is 24.8 Å². The van der Waals surface area contributed by atoms with Gasteiger partial charge in [-0.05, 0) is 36.5 Å². The molecule has 0 spiro atoms. The number of piperidine rings is 2. The molecule has 1 aromatic carbocycles. The molecule has 3 aliphatic rings. The van der Waals surface area contributed by atoms with Gasteiger partial charge in [-0.15, -0.1) is 0 Å². The summed E-state index contributed by atoms with van der Waals surface area (Å²) in [6, 6.07) is 4.46. The molecule has 3 heterocycles. The van der Waals surface area contributed by atoms with Gasteiger partial charge in [-0.25, -0.2) is 0 Å². The van der Waals surface area contributed by atoms with Crippen LogP contribution in [0.5, 0.6) is 0 Å². The third-order valence-electron chi connectivity index (χ3n) is 5.68. The molecule has 148 valence electrons. The van der Waals surface area contributed by atoms with Crippen LogP contribution in [0.4, 0.5) is 0 Å². The number of imide groups is 2. The summed E-state index contributed by atoms with van der Waals surface area (Å²) in [6.45, 7) is 4.58. The molecule has 0 radical (unpaired) electrons. The second-order valence-electron chi connectivity index (χ2n) is 8.12. The third-order valence-corrected chi connectivity index (χ3v) is 5.68. The topological polar surface area (TPSA) is 113 Å². The van der Waals surface area contributed by atoms with Gasteiger partial charge in [0.15, 0.2) is 0 Å². The van der Waals surface area contributed by atoms with Crippen molar-refractivity contribution in [2.75, 3.05) is 13.1 Å². The first-order chi connectivity index (χ1) is 13.3. The number of likely N-dealkylation sites (tertiary alicyclic amines) is 1. The number of rotatable bonds is 3. The van der Waals surface area contributed by atoms with Crippen LogP contribution < -0.4 is 11.1 Å². The first-order valence-electron chi connectivity index (χ1n) is 9.66. The Morgan fingerprint density at radius 3 is 2.57 bits per heavy atom. The lowest BCUT2D eigenvalue weighted by Crippen LogP contribution is -2.54. The summed E-state index contributed by atoms with van der Waals surface area (Å²) in [5.74, 6) is -1.41. The first kappa shape index (κ1) is 18.8. The highest BCUT2D eigenvalue weighted by Crippen LogP contribution is 2.29. The van der Waals surface area contributed by atoms with Crippen LogP contribution in [0.25, 0.3) is 0 Å². The van der Waals surface area contributed by atoms with E-state index in [1.165, 1.54) is 0 Å². The summed E-state index contributed by atoms with van der Waals surface area (Å²) in [7, 11) is 0. The molecule has 1 aromatic rings. The standard InChI is InChI=1S/C20H24N4O4/c1-11-6-13(21)10-23(8-11)9-12-2-3-14-15(7-12)20(28)24(19(14)27)16-4-5-17(25)22-18(16)26/h2-3,7,11,13,16H,4-6,8-10,21H2,1H3,(H,22,25,26)/t11-,13-,16?/m0/s1. The van der Waals surface area contributed by atoms with E-state index in [1.807, 2.05) is 6.07 Å². The number of carbonyl (C=O) groups is 4. The largest absolute Gasteiger partial charge is 0.327 e. The summed E-state index contributed by atoms with van der Waals surface area (Å²) in [5.41, 5.74) is 7.68. The highest BCUT2D eigenvalue weighted by molar-refractivity contribution is 6.23. The molecule has 3 aliphatic heterocycles. The maximum absolute atomic E-state index is 12.9. The molecular formula is C20H24N4O4. The average Bonchev–Trinajstić information content (AvgIpc) is 2.85. The zero-order valence-electron chi connectivity index (χ0n) is 15.8. The van der Waals surface area contributed by atoms with Crippen LogP contribution in [-0.4, -0.2) is 58.6 Å². The van der Waals surface area contributed by atoms with Crippen molar-refractivity contribution < 1.29 is 19.2 Å². The molecule has 0 saturated carbocycles. The number of fused-ring (bicyclic) bond motifs is 1. The van der Waals surface area contributed by atoms with E-state index in [0.717, 1.165) is 30.0 Å². The maximum atomic E-state index is 12.9. The Bertz CT molecular complexity index is 858. The summed E-state index contributed by atoms with van der Waals surface area (Å²) < 4.78 is 0. The summed E-state index contributed by atoms with van der Waals surface area (Å²) in [4.78, 5) is 52.4. The van der Waals surface area contributed by atoms with Crippen LogP contribution in [0, 0.1) is 5.92 Å². The van der Waals surface area contributed by atoms with Gasteiger partial charge in [-0.1, -0.05) is 13.0 Å². The fourth-order valence-corrected chi connectivity index (χ4v) is 4.52. The van der Waals surface area contributed by atoms with Gasteiger partial charge in [0.2, 0.25) is 11.8 Å². The van der Waals surface area contributed by atoms with Crippen molar-refractivity contribution in [3.8, 4) is 0 Å². The zero-order chi connectivity index (χ0) is 20.0. The quantitative estimate of drug-likeness (QED) is 0.723. The molecule has 0 aromatic heterocycles. The molecule has 2 saturated heterocycles. The van der Waals surface area contributed by atoms with Gasteiger partial charge >= 0.3 is 0 Å². The molecule has 8 nitrogen and oxygen atoms in total. The lowest BCUT2D eigenvalue weighted by atomic mass is 9.96. The van der Waals surface area contributed by atoms with Gasteiger partial charge in [-0.3, -0.25) is 34.3 Å². The number of hydrogen-bond donors (Lipinski definition) is 2. The fraction of sp³-hybridized carbons (Fsp3) is 0.500. The normalized spacial score (nSPS) is 28.5. The maximum Gasteiger partial charge on any atom is 0.262 e. The Hall–Kier alpha value is -2.58. The Morgan fingerprint density at radius 1 is 1.11 bits per heavy atom. The van der Waals surface area contributed by atoms with Crippen LogP contribution in [0.2, 0.25) is 0 Å². The highest BCUT2D eigenvalue weighted by atomic mass is 16.2. The average molecular weight is 384 g/mol. The van der Waals surface area contributed by atoms with Crippen LogP contribution in [0.3, 0.4) is 0 Å². The van der Waals surface area contributed by atoms with E-state index < -0.39 is 23.8 Å². The van der Waals surface area contributed by atoms with Gasteiger partial charge in [0.1, 0.15) is 6.04 Å². The number of benzene rings is 1. The molecule has 4 rings (SSSR count). The highest BCUT2D eigenvalue weighted by Gasteiger charge is 2.44. The van der Waals surface area contributed by atoms with E-state index in [4.69, 9.17) is 5.73 Å². The van der Waals surface area contributed by atoms with Gasteiger partial charge in [0, 0.05) is 32.1 Å². The molecular weight excluding hydrogens is 360 g/mol. The van der Waals surface area contributed by atoms with Crippen molar-refractivity contribution in [1.82, 2.24) is 15.1 Å². The van der Waals surface area contributed by atoms with E-state index in [2.05, 4.69) is 17.1 Å². The number of nitrogens with one attached hydrogen (secondary N) is 1. The number of amides is 4. The zero-order valence-corrected chi connectivity index (χ0v) is 15.8. The van der Waals surface area contributed by atoms with Gasteiger partial charge in [-0.2, -0.15) is 0 Å². The predicted octanol–water partition coefficient (Wildman–Crippen LogP) is 0.257. The molecule has 3 atom stereocenters. The first-order valence-corrected chi connectivity index (χ1v) is 9.66. The number of nitrogens with two attached hydrogens (primary N) is 1. The van der Waals surface area contributed by atoms with E-state index in [9.17, 15) is 19.2 Å². The summed E-state index contributed by atoms with van der Waals surface area (Å²) in [5, 5.41) is 2.21. The Kier molecular flexibility index (Phi) is 4.76. The smallest absolute Gasteiger partial charge is 0.262 e. The van der Waals surface area contributed by atoms with Crippen LogP contribution in [-0.2, 0) is 16.1 Å². The second kappa shape index (κ2) is 7.10.